The van der Waals surface area contributed by atoms with E-state index in [4.69, 9.17) is 5.26 Å². The number of nitrogens with zero attached hydrogens (tertiary/aromatic N) is 2. The minimum absolute atomic E-state index is 0.452. The lowest BCUT2D eigenvalue weighted by Gasteiger charge is -2.12. The van der Waals surface area contributed by atoms with Gasteiger partial charge in [-0.25, -0.2) is 0 Å². The second kappa shape index (κ2) is 6.66. The lowest BCUT2D eigenvalue weighted by molar-refractivity contribution is 0.948. The Balaban J connectivity index is 0.000000771. The smallest absolute Gasteiger partial charge is 0.0670 e. The molecule has 2 rings (SSSR count). The highest BCUT2D eigenvalue weighted by Crippen LogP contribution is 2.20. The van der Waals surface area contributed by atoms with Gasteiger partial charge in [0.15, 0.2) is 0 Å². The molecule has 94 valence electrons. The summed E-state index contributed by atoms with van der Waals surface area (Å²) in [6.45, 7) is 8.16. The van der Waals surface area contributed by atoms with E-state index in [-0.39, 0.29) is 0 Å². The van der Waals surface area contributed by atoms with E-state index in [9.17, 15) is 0 Å². The van der Waals surface area contributed by atoms with Crippen LogP contribution in [-0.2, 0) is 6.42 Å². The van der Waals surface area contributed by atoms with Crippen LogP contribution in [0.5, 0.6) is 0 Å². The molecule has 1 aromatic heterocycles. The van der Waals surface area contributed by atoms with Gasteiger partial charge in [0, 0.05) is 17.1 Å². The number of hydrogen-bond acceptors (Lipinski definition) is 1. The number of aryl methyl sites for hydroxylation is 2. The van der Waals surface area contributed by atoms with Gasteiger partial charge in [-0.2, -0.15) is 5.26 Å². The van der Waals surface area contributed by atoms with Crippen molar-refractivity contribution >= 4 is 0 Å². The van der Waals surface area contributed by atoms with Crippen molar-refractivity contribution in [3.63, 3.8) is 0 Å². The molecule has 0 aliphatic heterocycles. The first-order valence-electron chi connectivity index (χ1n) is 6.34. The summed E-state index contributed by atoms with van der Waals surface area (Å²) in [6, 6.07) is 14.5. The average molecular weight is 240 g/mol. The summed E-state index contributed by atoms with van der Waals surface area (Å²) in [5, 5.41) is 8.82. The first kappa shape index (κ1) is 14.1. The molecule has 2 nitrogen and oxygen atoms in total. The maximum atomic E-state index is 8.82. The van der Waals surface area contributed by atoms with Crippen molar-refractivity contribution in [2.75, 3.05) is 0 Å². The topological polar surface area (TPSA) is 28.7 Å². The van der Waals surface area contributed by atoms with Gasteiger partial charge in [0.2, 0.25) is 0 Å². The van der Waals surface area contributed by atoms with Gasteiger partial charge in [0.25, 0.3) is 0 Å². The van der Waals surface area contributed by atoms with E-state index < -0.39 is 0 Å². The Bertz CT molecular complexity index is 525. The third kappa shape index (κ3) is 2.81. The second-order valence-electron chi connectivity index (χ2n) is 3.92. The fourth-order valence-electron chi connectivity index (χ4n) is 2.01. The van der Waals surface area contributed by atoms with Crippen LogP contribution in [0.25, 0.3) is 5.69 Å². The van der Waals surface area contributed by atoms with Crippen molar-refractivity contribution in [1.29, 1.82) is 5.26 Å². The summed E-state index contributed by atoms with van der Waals surface area (Å²) in [7, 11) is 0. The number of benzene rings is 1. The SMILES string of the molecule is CC.Cc1ccc(C)n1-c1ccccc1CC#N. The molecule has 2 aromatic rings. The summed E-state index contributed by atoms with van der Waals surface area (Å²) in [5.41, 5.74) is 4.59. The van der Waals surface area contributed by atoms with Gasteiger partial charge in [-0.3, -0.25) is 0 Å². The molecule has 2 heteroatoms. The van der Waals surface area contributed by atoms with Crippen LogP contribution < -0.4 is 0 Å². The zero-order valence-corrected chi connectivity index (χ0v) is 11.6. The van der Waals surface area contributed by atoms with Crippen LogP contribution in [0.15, 0.2) is 36.4 Å². The molecule has 0 saturated carbocycles. The quantitative estimate of drug-likeness (QED) is 0.773. The molecule has 0 fully saturated rings. The molecule has 1 heterocycles. The van der Waals surface area contributed by atoms with Crippen molar-refractivity contribution in [2.45, 2.75) is 34.1 Å². The molecule has 0 aliphatic carbocycles. The summed E-state index contributed by atoms with van der Waals surface area (Å²) in [6.07, 6.45) is 0.452. The second-order valence-corrected chi connectivity index (χ2v) is 3.92. The lowest BCUT2D eigenvalue weighted by Crippen LogP contribution is -2.02. The number of para-hydroxylation sites is 1. The van der Waals surface area contributed by atoms with E-state index in [2.05, 4.69) is 42.7 Å². The van der Waals surface area contributed by atoms with Crippen LogP contribution in [0.2, 0.25) is 0 Å². The summed E-state index contributed by atoms with van der Waals surface area (Å²) < 4.78 is 2.19. The van der Waals surface area contributed by atoms with Crippen molar-refractivity contribution in [1.82, 2.24) is 4.57 Å². The molecule has 0 radical (unpaired) electrons. The third-order valence-corrected chi connectivity index (χ3v) is 2.77. The molecule has 0 amide bonds. The minimum Gasteiger partial charge on any atom is -0.318 e. The standard InChI is InChI=1S/C14H14N2.C2H6/c1-11-7-8-12(2)16(11)14-6-4-3-5-13(14)9-10-15;1-2/h3-8H,9H2,1-2H3;1-2H3. The van der Waals surface area contributed by atoms with E-state index in [1.807, 2.05) is 32.0 Å². The summed E-state index contributed by atoms with van der Waals surface area (Å²) >= 11 is 0. The van der Waals surface area contributed by atoms with Crippen LogP contribution in [0, 0.1) is 25.2 Å². The Hall–Kier alpha value is -2.01. The fraction of sp³-hybridized carbons (Fsp3) is 0.312. The molecule has 0 saturated heterocycles. The zero-order chi connectivity index (χ0) is 13.5. The number of rotatable bonds is 2. The third-order valence-electron chi connectivity index (χ3n) is 2.77. The number of hydrogen-bond donors (Lipinski definition) is 0. The highest BCUT2D eigenvalue weighted by atomic mass is 15.0. The average Bonchev–Trinajstić information content (AvgIpc) is 2.73. The highest BCUT2D eigenvalue weighted by Gasteiger charge is 2.07. The molecule has 0 aliphatic rings. The monoisotopic (exact) mass is 240 g/mol. The molecule has 0 spiro atoms. The van der Waals surface area contributed by atoms with E-state index in [0.29, 0.717) is 6.42 Å². The molecule has 0 N–H and O–H groups in total. The Morgan fingerprint density at radius 1 is 1.00 bits per heavy atom. The van der Waals surface area contributed by atoms with Gasteiger partial charge in [0.05, 0.1) is 12.5 Å². The van der Waals surface area contributed by atoms with E-state index >= 15 is 0 Å². The molecular formula is C16H20N2. The maximum Gasteiger partial charge on any atom is 0.0670 e. The first-order chi connectivity index (χ1) is 8.74. The predicted octanol–water partition coefficient (Wildman–Crippen LogP) is 4.19. The van der Waals surface area contributed by atoms with Gasteiger partial charge in [-0.05, 0) is 37.6 Å². The number of aromatic nitrogens is 1. The van der Waals surface area contributed by atoms with Gasteiger partial charge < -0.3 is 4.57 Å². The highest BCUT2D eigenvalue weighted by molar-refractivity contribution is 5.45. The largest absolute Gasteiger partial charge is 0.318 e. The number of nitriles is 1. The Kier molecular flexibility index (Phi) is 5.20. The molecule has 18 heavy (non-hydrogen) atoms. The van der Waals surface area contributed by atoms with Crippen LogP contribution in [0.3, 0.4) is 0 Å². The first-order valence-corrected chi connectivity index (χ1v) is 6.34. The molecule has 0 atom stereocenters. The van der Waals surface area contributed by atoms with E-state index in [0.717, 1.165) is 11.3 Å². The van der Waals surface area contributed by atoms with Gasteiger partial charge in [-0.1, -0.05) is 32.0 Å². The predicted molar refractivity (Wildman–Crippen MR) is 75.9 cm³/mol. The fourth-order valence-corrected chi connectivity index (χ4v) is 2.01. The maximum absolute atomic E-state index is 8.82. The van der Waals surface area contributed by atoms with E-state index in [1.165, 1.54) is 11.4 Å². The van der Waals surface area contributed by atoms with Crippen LogP contribution in [0.1, 0.15) is 30.8 Å². The normalized spacial score (nSPS) is 9.28. The lowest BCUT2D eigenvalue weighted by atomic mass is 10.1. The van der Waals surface area contributed by atoms with Crippen LogP contribution >= 0.6 is 0 Å². The zero-order valence-electron chi connectivity index (χ0n) is 11.6. The summed E-state index contributed by atoms with van der Waals surface area (Å²) in [5.74, 6) is 0. The molecule has 0 unspecified atom stereocenters. The van der Waals surface area contributed by atoms with Crippen LogP contribution in [0.4, 0.5) is 0 Å². The molecule has 0 bridgehead atoms. The summed E-state index contributed by atoms with van der Waals surface area (Å²) in [4.78, 5) is 0. The van der Waals surface area contributed by atoms with Crippen LogP contribution in [-0.4, -0.2) is 4.57 Å². The van der Waals surface area contributed by atoms with E-state index in [1.54, 1.807) is 0 Å². The van der Waals surface area contributed by atoms with Crippen molar-refractivity contribution in [3.05, 3.63) is 53.3 Å². The Morgan fingerprint density at radius 3 is 2.11 bits per heavy atom. The van der Waals surface area contributed by atoms with Gasteiger partial charge >= 0.3 is 0 Å². The van der Waals surface area contributed by atoms with Crippen molar-refractivity contribution in [3.8, 4) is 11.8 Å². The van der Waals surface area contributed by atoms with Gasteiger partial charge in [-0.15, -0.1) is 0 Å². The van der Waals surface area contributed by atoms with Crippen molar-refractivity contribution < 1.29 is 0 Å². The minimum atomic E-state index is 0.452. The molecular weight excluding hydrogens is 220 g/mol. The Morgan fingerprint density at radius 2 is 1.56 bits per heavy atom. The molecule has 1 aromatic carbocycles. The van der Waals surface area contributed by atoms with Crippen molar-refractivity contribution in [2.24, 2.45) is 0 Å². The Labute approximate surface area is 109 Å². The van der Waals surface area contributed by atoms with Gasteiger partial charge in [0.1, 0.15) is 0 Å².